The molecule has 0 bridgehead atoms. The predicted molar refractivity (Wildman–Crippen MR) is 92.5 cm³/mol. The lowest BCUT2D eigenvalue weighted by atomic mass is 10.0. The van der Waals surface area contributed by atoms with Crippen molar-refractivity contribution in [1.82, 2.24) is 0 Å². The number of aliphatic hydroxyl groups excluding tert-OH is 1. The first kappa shape index (κ1) is 15.3. The normalized spacial score (nSPS) is 12.7. The van der Waals surface area contributed by atoms with E-state index in [4.69, 9.17) is 9.47 Å². The van der Waals surface area contributed by atoms with Gasteiger partial charge in [0.2, 0.25) is 0 Å². The molecule has 0 saturated heterocycles. The average Bonchev–Trinajstić information content (AvgIpc) is 2.52. The molecule has 0 fully saturated rings. The van der Waals surface area contributed by atoms with Crippen molar-refractivity contribution >= 4 is 37.5 Å². The van der Waals surface area contributed by atoms with Crippen LogP contribution in [0.2, 0.25) is 0 Å². The van der Waals surface area contributed by atoms with Crippen LogP contribution in [0.15, 0.2) is 53.0 Å². The molecule has 3 aromatic carbocycles. The number of hydrogen-bond acceptors (Lipinski definition) is 3. The third kappa shape index (κ3) is 3.09. The second-order valence-corrected chi connectivity index (χ2v) is 6.13. The van der Waals surface area contributed by atoms with Crippen LogP contribution in [0, 0.1) is 0 Å². The summed E-state index contributed by atoms with van der Waals surface area (Å²) in [4.78, 5) is 0. The zero-order valence-corrected chi connectivity index (χ0v) is 13.8. The molecule has 3 aromatic rings. The van der Waals surface area contributed by atoms with Gasteiger partial charge in [-0.1, -0.05) is 46.3 Å². The second-order valence-electron chi connectivity index (χ2n) is 5.21. The van der Waals surface area contributed by atoms with E-state index in [-0.39, 0.29) is 13.2 Å². The van der Waals surface area contributed by atoms with E-state index in [1.165, 1.54) is 0 Å². The van der Waals surface area contributed by atoms with E-state index in [0.717, 1.165) is 31.8 Å². The Morgan fingerprint density at radius 1 is 1.00 bits per heavy atom. The molecule has 0 radical (unpaired) electrons. The van der Waals surface area contributed by atoms with Crippen molar-refractivity contribution in [3.63, 3.8) is 0 Å². The Balaban J connectivity index is 2.11. The van der Waals surface area contributed by atoms with Gasteiger partial charge in [0.15, 0.2) is 0 Å². The molecule has 22 heavy (non-hydrogen) atoms. The van der Waals surface area contributed by atoms with Gasteiger partial charge in [-0.3, -0.25) is 0 Å². The molecule has 1 N–H and O–H groups in total. The molecule has 1 unspecified atom stereocenters. The third-order valence-electron chi connectivity index (χ3n) is 3.56. The number of halogens is 1. The van der Waals surface area contributed by atoms with Crippen LogP contribution < -0.4 is 4.74 Å². The monoisotopic (exact) mass is 360 g/mol. The van der Waals surface area contributed by atoms with Crippen molar-refractivity contribution in [2.24, 2.45) is 0 Å². The lowest BCUT2D eigenvalue weighted by Gasteiger charge is -2.16. The lowest BCUT2D eigenvalue weighted by Crippen LogP contribution is -2.22. The van der Waals surface area contributed by atoms with Gasteiger partial charge in [0, 0.05) is 22.4 Å². The fourth-order valence-corrected chi connectivity index (χ4v) is 2.93. The minimum atomic E-state index is -0.647. The first-order chi connectivity index (χ1) is 10.7. The maximum atomic E-state index is 9.85. The number of rotatable bonds is 5. The van der Waals surface area contributed by atoms with Gasteiger partial charge in [0.25, 0.3) is 0 Å². The van der Waals surface area contributed by atoms with Crippen LogP contribution in [-0.2, 0) is 4.74 Å². The molecule has 3 rings (SSSR count). The van der Waals surface area contributed by atoms with Gasteiger partial charge >= 0.3 is 0 Å². The van der Waals surface area contributed by atoms with E-state index in [9.17, 15) is 5.11 Å². The minimum absolute atomic E-state index is 0.198. The summed E-state index contributed by atoms with van der Waals surface area (Å²) in [6.45, 7) is 0.454. The average molecular weight is 361 g/mol. The number of ether oxygens (including phenoxy) is 2. The first-order valence-electron chi connectivity index (χ1n) is 7.10. The molecule has 1 atom stereocenters. The van der Waals surface area contributed by atoms with Gasteiger partial charge in [-0.25, -0.2) is 0 Å². The summed E-state index contributed by atoms with van der Waals surface area (Å²) >= 11 is 3.51. The van der Waals surface area contributed by atoms with Crippen molar-refractivity contribution < 1.29 is 14.6 Å². The Morgan fingerprint density at radius 3 is 2.59 bits per heavy atom. The summed E-state index contributed by atoms with van der Waals surface area (Å²) in [5.41, 5.74) is 0. The number of hydrogen-bond donors (Lipinski definition) is 1. The zero-order chi connectivity index (χ0) is 15.5. The molecule has 0 aromatic heterocycles. The summed E-state index contributed by atoms with van der Waals surface area (Å²) < 4.78 is 11.9. The van der Waals surface area contributed by atoms with Crippen LogP contribution in [0.1, 0.15) is 0 Å². The Hall–Kier alpha value is -1.62. The Morgan fingerprint density at radius 2 is 1.77 bits per heavy atom. The van der Waals surface area contributed by atoms with Gasteiger partial charge < -0.3 is 14.6 Å². The van der Waals surface area contributed by atoms with Crippen molar-refractivity contribution in [1.29, 1.82) is 0 Å². The molecule has 0 aliphatic rings. The van der Waals surface area contributed by atoms with E-state index < -0.39 is 6.10 Å². The molecule has 114 valence electrons. The largest absolute Gasteiger partial charge is 0.489 e. The number of methoxy groups -OCH3 is 1. The number of benzene rings is 3. The third-order valence-corrected chi connectivity index (χ3v) is 4.05. The maximum Gasteiger partial charge on any atom is 0.135 e. The topological polar surface area (TPSA) is 38.7 Å². The first-order valence-corrected chi connectivity index (χ1v) is 7.89. The summed E-state index contributed by atoms with van der Waals surface area (Å²) in [5.74, 6) is 0.796. The quantitative estimate of drug-likeness (QED) is 0.694. The molecule has 0 heterocycles. The van der Waals surface area contributed by atoms with Crippen LogP contribution >= 0.6 is 15.9 Å². The second kappa shape index (κ2) is 6.65. The highest BCUT2D eigenvalue weighted by atomic mass is 79.9. The summed E-state index contributed by atoms with van der Waals surface area (Å²) in [6, 6.07) is 16.4. The number of aliphatic hydroxyl groups is 1. The van der Waals surface area contributed by atoms with Crippen molar-refractivity contribution in [3.8, 4) is 5.75 Å². The molecule has 0 amide bonds. The molecule has 0 aliphatic heterocycles. The molecular weight excluding hydrogens is 344 g/mol. The van der Waals surface area contributed by atoms with Crippen molar-refractivity contribution in [2.75, 3.05) is 20.3 Å². The number of fused-ring (bicyclic) bond motifs is 2. The minimum Gasteiger partial charge on any atom is -0.489 e. The smallest absolute Gasteiger partial charge is 0.135 e. The van der Waals surface area contributed by atoms with Gasteiger partial charge in [0.1, 0.15) is 18.5 Å². The fraction of sp³-hybridized carbons (Fsp3) is 0.222. The van der Waals surface area contributed by atoms with Crippen LogP contribution in [0.5, 0.6) is 5.75 Å². The molecule has 0 spiro atoms. The molecule has 3 nitrogen and oxygen atoms in total. The van der Waals surface area contributed by atoms with Crippen LogP contribution in [0.3, 0.4) is 0 Å². The highest BCUT2D eigenvalue weighted by Gasteiger charge is 2.12. The summed E-state index contributed by atoms with van der Waals surface area (Å²) in [6.07, 6.45) is -0.647. The van der Waals surface area contributed by atoms with E-state index in [1.54, 1.807) is 7.11 Å². The van der Waals surface area contributed by atoms with E-state index in [0.29, 0.717) is 0 Å². The van der Waals surface area contributed by atoms with E-state index in [2.05, 4.69) is 34.1 Å². The Kier molecular flexibility index (Phi) is 4.62. The molecule has 0 saturated carbocycles. The Labute approximate surface area is 137 Å². The van der Waals surface area contributed by atoms with Gasteiger partial charge in [-0.05, 0) is 29.0 Å². The van der Waals surface area contributed by atoms with E-state index in [1.807, 2.05) is 30.3 Å². The Bertz CT molecular complexity index is 801. The summed E-state index contributed by atoms with van der Waals surface area (Å²) in [5, 5.41) is 14.1. The molecule has 4 heteroatoms. The highest BCUT2D eigenvalue weighted by molar-refractivity contribution is 9.10. The van der Waals surface area contributed by atoms with Gasteiger partial charge in [-0.2, -0.15) is 0 Å². The predicted octanol–water partition coefficient (Wildman–Crippen LogP) is 4.14. The maximum absolute atomic E-state index is 9.85. The molecule has 0 aliphatic carbocycles. The lowest BCUT2D eigenvalue weighted by molar-refractivity contribution is 0.0333. The summed E-state index contributed by atoms with van der Waals surface area (Å²) in [7, 11) is 1.56. The van der Waals surface area contributed by atoms with Crippen LogP contribution in [0.25, 0.3) is 21.5 Å². The van der Waals surface area contributed by atoms with Gasteiger partial charge in [0.05, 0.1) is 6.61 Å². The van der Waals surface area contributed by atoms with Crippen LogP contribution in [0.4, 0.5) is 0 Å². The standard InChI is InChI=1S/C18H17BrO3/c1-21-10-15(20)11-22-18-16-5-3-2-4-12(16)8-13-6-7-14(19)9-17(13)18/h2-9,15,20H,10-11H2,1H3. The highest BCUT2D eigenvalue weighted by Crippen LogP contribution is 2.36. The van der Waals surface area contributed by atoms with Crippen molar-refractivity contribution in [2.45, 2.75) is 6.10 Å². The van der Waals surface area contributed by atoms with E-state index >= 15 is 0 Å². The SMILES string of the molecule is COCC(O)COc1c2ccccc2cc2ccc(Br)cc12. The zero-order valence-electron chi connectivity index (χ0n) is 12.3. The van der Waals surface area contributed by atoms with Crippen LogP contribution in [-0.4, -0.2) is 31.5 Å². The molecular formula is C18H17BrO3. The fourth-order valence-electron chi connectivity index (χ4n) is 2.57. The van der Waals surface area contributed by atoms with Crippen molar-refractivity contribution in [3.05, 3.63) is 53.0 Å². The van der Waals surface area contributed by atoms with Gasteiger partial charge in [-0.15, -0.1) is 0 Å².